The van der Waals surface area contributed by atoms with Gasteiger partial charge in [-0.1, -0.05) is 0 Å². The maximum Gasteiger partial charge on any atom is 0.110 e. The van der Waals surface area contributed by atoms with Crippen molar-refractivity contribution in [2.45, 2.75) is 20.0 Å². The second-order valence-electron chi connectivity index (χ2n) is 3.33. The molecule has 2 rings (SSSR count). The molecular formula is C11H11N3S2. The number of nitrogens with one attached hydrogen (secondary N) is 1. The van der Waals surface area contributed by atoms with Gasteiger partial charge in [-0.15, -0.1) is 22.7 Å². The highest BCUT2D eigenvalue weighted by molar-refractivity contribution is 7.12. The normalized spacial score (nSPS) is 10.2. The molecule has 82 valence electrons. The number of thiazole rings is 1. The van der Waals surface area contributed by atoms with Gasteiger partial charge in [-0.3, -0.25) is 0 Å². The summed E-state index contributed by atoms with van der Waals surface area (Å²) in [6.07, 6.45) is 1.90. The maximum atomic E-state index is 8.69. The van der Waals surface area contributed by atoms with Gasteiger partial charge < -0.3 is 5.32 Å². The summed E-state index contributed by atoms with van der Waals surface area (Å²) in [4.78, 5) is 7.40. The summed E-state index contributed by atoms with van der Waals surface area (Å²) in [5.74, 6) is 0. The molecule has 0 saturated heterocycles. The van der Waals surface area contributed by atoms with Gasteiger partial charge in [-0.2, -0.15) is 5.26 Å². The molecule has 2 heterocycles. The van der Waals surface area contributed by atoms with Crippen molar-refractivity contribution in [3.8, 4) is 6.07 Å². The van der Waals surface area contributed by atoms with Gasteiger partial charge in [0.15, 0.2) is 0 Å². The number of nitrogens with zero attached hydrogens (tertiary/aromatic N) is 2. The summed E-state index contributed by atoms with van der Waals surface area (Å²) in [5, 5.41) is 13.1. The van der Waals surface area contributed by atoms with Crippen molar-refractivity contribution in [3.63, 3.8) is 0 Å². The maximum absolute atomic E-state index is 8.69. The van der Waals surface area contributed by atoms with E-state index in [0.29, 0.717) is 0 Å². The van der Waals surface area contributed by atoms with E-state index in [2.05, 4.69) is 16.4 Å². The molecule has 0 atom stereocenters. The molecule has 0 saturated carbocycles. The molecule has 1 N–H and O–H groups in total. The Balaban J connectivity index is 1.82. The summed E-state index contributed by atoms with van der Waals surface area (Å²) < 4.78 is 0. The molecule has 0 bridgehead atoms. The van der Waals surface area contributed by atoms with E-state index in [-0.39, 0.29) is 0 Å². The predicted molar refractivity (Wildman–Crippen MR) is 66.4 cm³/mol. The number of aryl methyl sites for hydroxylation is 1. The van der Waals surface area contributed by atoms with Crippen LogP contribution in [0.25, 0.3) is 0 Å². The van der Waals surface area contributed by atoms with Crippen molar-refractivity contribution in [2.75, 3.05) is 0 Å². The molecule has 0 unspecified atom stereocenters. The number of hydrogen-bond acceptors (Lipinski definition) is 5. The third-order valence-corrected chi connectivity index (χ3v) is 3.94. The summed E-state index contributed by atoms with van der Waals surface area (Å²) in [6, 6.07) is 6.00. The smallest absolute Gasteiger partial charge is 0.110 e. The highest BCUT2D eigenvalue weighted by Crippen LogP contribution is 2.15. The van der Waals surface area contributed by atoms with Crippen LogP contribution < -0.4 is 5.32 Å². The molecule has 0 amide bonds. The molecule has 0 spiro atoms. The quantitative estimate of drug-likeness (QED) is 0.906. The molecule has 0 aliphatic heterocycles. The van der Waals surface area contributed by atoms with E-state index in [1.165, 1.54) is 21.1 Å². The Labute approximate surface area is 102 Å². The van der Waals surface area contributed by atoms with Crippen LogP contribution in [0.3, 0.4) is 0 Å². The van der Waals surface area contributed by atoms with Gasteiger partial charge >= 0.3 is 0 Å². The first-order valence-electron chi connectivity index (χ1n) is 4.89. The van der Waals surface area contributed by atoms with Crippen molar-refractivity contribution in [2.24, 2.45) is 0 Å². The largest absolute Gasteiger partial charge is 0.307 e. The number of rotatable bonds is 4. The van der Waals surface area contributed by atoms with Crippen molar-refractivity contribution >= 4 is 22.7 Å². The van der Waals surface area contributed by atoms with Crippen LogP contribution in [0.4, 0.5) is 0 Å². The molecular weight excluding hydrogens is 238 g/mol. The first-order chi connectivity index (χ1) is 7.78. The molecule has 16 heavy (non-hydrogen) atoms. The van der Waals surface area contributed by atoms with Gasteiger partial charge in [0.1, 0.15) is 10.9 Å². The van der Waals surface area contributed by atoms with Crippen LogP contribution in [0, 0.1) is 18.3 Å². The molecule has 2 aromatic rings. The van der Waals surface area contributed by atoms with Crippen molar-refractivity contribution in [1.82, 2.24) is 10.3 Å². The van der Waals surface area contributed by atoms with Crippen molar-refractivity contribution < 1.29 is 0 Å². The number of aromatic nitrogens is 1. The summed E-state index contributed by atoms with van der Waals surface area (Å²) in [7, 11) is 0. The zero-order valence-corrected chi connectivity index (χ0v) is 10.5. The Morgan fingerprint density at radius 1 is 1.31 bits per heavy atom. The third kappa shape index (κ3) is 2.89. The van der Waals surface area contributed by atoms with Gasteiger partial charge in [-0.25, -0.2) is 4.98 Å². The highest BCUT2D eigenvalue weighted by atomic mass is 32.1. The highest BCUT2D eigenvalue weighted by Gasteiger charge is 2.00. The average molecular weight is 249 g/mol. The lowest BCUT2D eigenvalue weighted by Crippen LogP contribution is -2.10. The topological polar surface area (TPSA) is 48.7 Å². The number of nitriles is 1. The van der Waals surface area contributed by atoms with E-state index in [9.17, 15) is 0 Å². The number of hydrogen-bond donors (Lipinski definition) is 1. The van der Waals surface area contributed by atoms with Crippen LogP contribution in [0.1, 0.15) is 19.6 Å². The minimum atomic E-state index is 0.769. The monoisotopic (exact) mass is 249 g/mol. The number of thiophene rings is 1. The average Bonchev–Trinajstić information content (AvgIpc) is 2.88. The fourth-order valence-corrected chi connectivity index (χ4v) is 2.87. The molecule has 2 aromatic heterocycles. The fourth-order valence-electron chi connectivity index (χ4n) is 1.33. The van der Waals surface area contributed by atoms with Crippen LogP contribution in [0.2, 0.25) is 0 Å². The molecule has 0 aromatic carbocycles. The first-order valence-corrected chi connectivity index (χ1v) is 6.52. The second kappa shape index (κ2) is 5.21. The lowest BCUT2D eigenvalue weighted by atomic mass is 10.4. The van der Waals surface area contributed by atoms with Crippen LogP contribution in [-0.4, -0.2) is 4.98 Å². The summed E-state index contributed by atoms with van der Waals surface area (Å²) in [6.45, 7) is 3.65. The van der Waals surface area contributed by atoms with Crippen LogP contribution in [0.15, 0.2) is 18.3 Å². The Morgan fingerprint density at radius 3 is 2.75 bits per heavy atom. The SMILES string of the molecule is Cc1ncc(CNCc2ccc(C#N)s2)s1. The van der Waals surface area contributed by atoms with Crippen LogP contribution >= 0.6 is 22.7 Å². The third-order valence-electron chi connectivity index (χ3n) is 2.04. The van der Waals surface area contributed by atoms with Crippen molar-refractivity contribution in [3.05, 3.63) is 38.0 Å². The fraction of sp³-hybridized carbons (Fsp3) is 0.273. The minimum Gasteiger partial charge on any atom is -0.307 e. The standard InChI is InChI=1S/C11H11N3S2/c1-8-14-7-11(15-8)6-13-5-10-3-2-9(4-12)16-10/h2-3,7,13H,5-6H2,1H3. The Bertz CT molecular complexity index is 507. The van der Waals surface area contributed by atoms with Crippen LogP contribution in [-0.2, 0) is 13.1 Å². The zero-order chi connectivity index (χ0) is 11.4. The van der Waals surface area contributed by atoms with E-state index in [1.54, 1.807) is 11.3 Å². The minimum absolute atomic E-state index is 0.769. The Kier molecular flexibility index (Phi) is 3.67. The van der Waals surface area contributed by atoms with Gasteiger partial charge in [0, 0.05) is 29.0 Å². The second-order valence-corrected chi connectivity index (χ2v) is 5.81. The Hall–Kier alpha value is -1.22. The Morgan fingerprint density at radius 2 is 2.12 bits per heavy atom. The van der Waals surface area contributed by atoms with E-state index in [0.717, 1.165) is 23.0 Å². The summed E-state index contributed by atoms with van der Waals surface area (Å²) >= 11 is 3.25. The molecule has 3 nitrogen and oxygen atoms in total. The van der Waals surface area contributed by atoms with Gasteiger partial charge in [0.25, 0.3) is 0 Å². The predicted octanol–water partition coefficient (Wildman–Crippen LogP) is 2.67. The molecule has 0 fully saturated rings. The lowest BCUT2D eigenvalue weighted by Gasteiger charge is -1.99. The van der Waals surface area contributed by atoms with E-state index >= 15 is 0 Å². The lowest BCUT2D eigenvalue weighted by molar-refractivity contribution is 0.708. The van der Waals surface area contributed by atoms with E-state index in [4.69, 9.17) is 5.26 Å². The van der Waals surface area contributed by atoms with Gasteiger partial charge in [-0.05, 0) is 19.1 Å². The van der Waals surface area contributed by atoms with Crippen molar-refractivity contribution in [1.29, 1.82) is 5.26 Å². The van der Waals surface area contributed by atoms with Gasteiger partial charge in [0.05, 0.1) is 5.01 Å². The van der Waals surface area contributed by atoms with Crippen LogP contribution in [0.5, 0.6) is 0 Å². The molecule has 0 radical (unpaired) electrons. The van der Waals surface area contributed by atoms with E-state index in [1.807, 2.05) is 25.3 Å². The van der Waals surface area contributed by atoms with Gasteiger partial charge in [0.2, 0.25) is 0 Å². The summed E-state index contributed by atoms with van der Waals surface area (Å²) in [5.41, 5.74) is 0. The molecule has 0 aliphatic carbocycles. The molecule has 5 heteroatoms. The zero-order valence-electron chi connectivity index (χ0n) is 8.86. The van der Waals surface area contributed by atoms with E-state index < -0.39 is 0 Å². The molecule has 0 aliphatic rings. The first kappa shape index (κ1) is 11.3.